The molecule has 0 amide bonds. The second-order valence-corrected chi connectivity index (χ2v) is 10.4. The molecule has 8 nitrogen and oxygen atoms in total. The average molecular weight is 497 g/mol. The number of hydrogen-bond acceptors (Lipinski definition) is 7. The molecule has 0 spiro atoms. The van der Waals surface area contributed by atoms with Gasteiger partial charge in [-0.3, -0.25) is 4.90 Å². The van der Waals surface area contributed by atoms with Gasteiger partial charge in [-0.25, -0.2) is 14.6 Å². The van der Waals surface area contributed by atoms with Crippen LogP contribution < -0.4 is 4.90 Å². The summed E-state index contributed by atoms with van der Waals surface area (Å²) in [6.45, 7) is 10.4. The van der Waals surface area contributed by atoms with E-state index in [0.29, 0.717) is 12.0 Å². The molecule has 0 radical (unpaired) electrons. The lowest BCUT2D eigenvalue weighted by atomic mass is 9.88. The second-order valence-electron chi connectivity index (χ2n) is 9.97. The Labute approximate surface area is 211 Å². The molecule has 3 aromatic rings. The van der Waals surface area contributed by atoms with Crippen molar-refractivity contribution in [1.29, 1.82) is 0 Å². The van der Waals surface area contributed by atoms with Gasteiger partial charge in [0, 0.05) is 29.6 Å². The number of piperidine rings is 1. The molecule has 0 unspecified atom stereocenters. The number of aryl methyl sites for hydroxylation is 1. The van der Waals surface area contributed by atoms with Crippen LogP contribution in [-0.4, -0.2) is 82.8 Å². The van der Waals surface area contributed by atoms with Crippen LogP contribution in [0.3, 0.4) is 0 Å². The Balaban J connectivity index is 1.30. The predicted molar refractivity (Wildman–Crippen MR) is 137 cm³/mol. The Morgan fingerprint density at radius 2 is 1.86 bits per heavy atom. The van der Waals surface area contributed by atoms with E-state index in [1.54, 1.807) is 0 Å². The van der Waals surface area contributed by atoms with Gasteiger partial charge in [-0.1, -0.05) is 18.5 Å². The summed E-state index contributed by atoms with van der Waals surface area (Å²) in [5.41, 5.74) is 2.26. The van der Waals surface area contributed by atoms with E-state index in [2.05, 4.69) is 28.9 Å². The third-order valence-electron chi connectivity index (χ3n) is 7.74. The number of anilines is 1. The summed E-state index contributed by atoms with van der Waals surface area (Å²) in [6.07, 6.45) is 5.34. The molecule has 2 aromatic heterocycles. The summed E-state index contributed by atoms with van der Waals surface area (Å²) in [6, 6.07) is 6.94. The predicted octanol–water partition coefficient (Wildman–Crippen LogP) is 3.97. The summed E-state index contributed by atoms with van der Waals surface area (Å²) in [5.74, 6) is 2.91. The third kappa shape index (κ3) is 4.53. The quantitative estimate of drug-likeness (QED) is 0.529. The maximum Gasteiger partial charge on any atom is 0.159 e. The highest BCUT2D eigenvalue weighted by Crippen LogP contribution is 2.37. The van der Waals surface area contributed by atoms with Crippen molar-refractivity contribution in [1.82, 2.24) is 24.6 Å². The Morgan fingerprint density at radius 1 is 1.06 bits per heavy atom. The average Bonchev–Trinajstić information content (AvgIpc) is 3.25. The molecule has 5 heterocycles. The van der Waals surface area contributed by atoms with Crippen molar-refractivity contribution in [3.8, 4) is 5.82 Å². The van der Waals surface area contributed by atoms with Crippen LogP contribution in [0, 0.1) is 6.92 Å². The van der Waals surface area contributed by atoms with Crippen molar-refractivity contribution >= 4 is 28.3 Å². The van der Waals surface area contributed by atoms with Crippen molar-refractivity contribution in [2.75, 3.05) is 50.9 Å². The fourth-order valence-electron chi connectivity index (χ4n) is 5.55. The largest absolute Gasteiger partial charge is 0.378 e. The van der Waals surface area contributed by atoms with Gasteiger partial charge in [0.15, 0.2) is 5.82 Å². The standard InChI is InChI=1S/C26H33ClN6O2/c1-3-21-14-32(8-9-35-21)25-12-26(30-17(2)29-25)33-24-11-22(23(27)10-19(24)13-28-33)18-4-6-31(7-5-18)20-15-34-16-20/h10-13,18,20-21H,3-9,14-16H2,1-2H3/t21-/m1/s1. The van der Waals surface area contributed by atoms with Gasteiger partial charge < -0.3 is 14.4 Å². The first-order chi connectivity index (χ1) is 17.1. The van der Waals surface area contributed by atoms with Gasteiger partial charge in [0.25, 0.3) is 0 Å². The highest BCUT2D eigenvalue weighted by atomic mass is 35.5. The van der Waals surface area contributed by atoms with Crippen LogP contribution in [0.4, 0.5) is 5.82 Å². The minimum Gasteiger partial charge on any atom is -0.378 e. The minimum absolute atomic E-state index is 0.237. The van der Waals surface area contributed by atoms with Crippen LogP contribution in [0.2, 0.25) is 5.02 Å². The van der Waals surface area contributed by atoms with Crippen LogP contribution in [0.25, 0.3) is 16.7 Å². The van der Waals surface area contributed by atoms with Gasteiger partial charge in [0.2, 0.25) is 0 Å². The lowest BCUT2D eigenvalue weighted by molar-refractivity contribution is -0.0712. The van der Waals surface area contributed by atoms with Crippen LogP contribution in [-0.2, 0) is 9.47 Å². The summed E-state index contributed by atoms with van der Waals surface area (Å²) in [5, 5.41) is 6.57. The van der Waals surface area contributed by atoms with Gasteiger partial charge >= 0.3 is 0 Å². The zero-order valence-corrected chi connectivity index (χ0v) is 21.2. The Bertz CT molecular complexity index is 1200. The van der Waals surface area contributed by atoms with E-state index in [-0.39, 0.29) is 6.10 Å². The molecule has 6 rings (SSSR count). The Kier molecular flexibility index (Phi) is 6.39. The SMILES string of the molecule is CC[C@@H]1CN(c2cc(-n3ncc4cc(Cl)c(C5CCN(C6COC6)CC5)cc43)nc(C)n2)CCO1. The molecule has 3 saturated heterocycles. The lowest BCUT2D eigenvalue weighted by Gasteiger charge is -2.41. The number of rotatable bonds is 5. The molecule has 3 aliphatic heterocycles. The molecular weight excluding hydrogens is 464 g/mol. The van der Waals surface area contributed by atoms with E-state index in [9.17, 15) is 0 Å². The van der Waals surface area contributed by atoms with Crippen LogP contribution >= 0.6 is 11.6 Å². The zero-order valence-electron chi connectivity index (χ0n) is 20.5. The normalized spacial score (nSPS) is 22.6. The third-order valence-corrected chi connectivity index (χ3v) is 8.07. The molecule has 9 heteroatoms. The molecule has 35 heavy (non-hydrogen) atoms. The van der Waals surface area contributed by atoms with E-state index >= 15 is 0 Å². The van der Waals surface area contributed by atoms with Gasteiger partial charge in [-0.05, 0) is 62.9 Å². The van der Waals surface area contributed by atoms with Gasteiger partial charge in [-0.2, -0.15) is 5.10 Å². The second kappa shape index (κ2) is 9.65. The summed E-state index contributed by atoms with van der Waals surface area (Å²) in [7, 11) is 0. The lowest BCUT2D eigenvalue weighted by Crippen LogP contribution is -2.51. The van der Waals surface area contributed by atoms with Crippen LogP contribution in [0.1, 0.15) is 43.5 Å². The number of halogens is 1. The summed E-state index contributed by atoms with van der Waals surface area (Å²) >= 11 is 6.79. The Hall–Kier alpha value is -2.26. The highest BCUT2D eigenvalue weighted by Gasteiger charge is 2.31. The fraction of sp³-hybridized carbons (Fsp3) is 0.577. The molecule has 3 aliphatic rings. The Morgan fingerprint density at radius 3 is 2.60 bits per heavy atom. The summed E-state index contributed by atoms with van der Waals surface area (Å²) < 4.78 is 13.2. The monoisotopic (exact) mass is 496 g/mol. The van der Waals surface area contributed by atoms with E-state index in [0.717, 1.165) is 98.6 Å². The van der Waals surface area contributed by atoms with E-state index in [1.165, 1.54) is 5.56 Å². The number of benzene rings is 1. The molecule has 0 N–H and O–H groups in total. The molecule has 1 aromatic carbocycles. The first-order valence-corrected chi connectivity index (χ1v) is 13.2. The van der Waals surface area contributed by atoms with Gasteiger partial charge in [0.05, 0.1) is 43.7 Å². The molecular formula is C26H33ClN6O2. The number of nitrogens with zero attached hydrogens (tertiary/aromatic N) is 6. The first-order valence-electron chi connectivity index (χ1n) is 12.8. The fourth-order valence-corrected chi connectivity index (χ4v) is 5.88. The van der Waals surface area contributed by atoms with Crippen LogP contribution in [0.5, 0.6) is 0 Å². The zero-order chi connectivity index (χ0) is 23.9. The van der Waals surface area contributed by atoms with Gasteiger partial charge in [0.1, 0.15) is 11.6 Å². The maximum absolute atomic E-state index is 6.79. The van der Waals surface area contributed by atoms with E-state index in [4.69, 9.17) is 36.1 Å². The molecule has 3 fully saturated rings. The summed E-state index contributed by atoms with van der Waals surface area (Å²) in [4.78, 5) is 14.4. The van der Waals surface area contributed by atoms with E-state index in [1.807, 2.05) is 23.9 Å². The van der Waals surface area contributed by atoms with Crippen molar-refractivity contribution in [2.24, 2.45) is 0 Å². The van der Waals surface area contributed by atoms with E-state index < -0.39 is 0 Å². The minimum atomic E-state index is 0.237. The number of ether oxygens (including phenoxy) is 2. The van der Waals surface area contributed by atoms with Crippen molar-refractivity contribution in [3.63, 3.8) is 0 Å². The highest BCUT2D eigenvalue weighted by molar-refractivity contribution is 6.32. The number of aromatic nitrogens is 4. The number of hydrogen-bond donors (Lipinski definition) is 0. The molecule has 0 saturated carbocycles. The number of fused-ring (bicyclic) bond motifs is 1. The number of morpholine rings is 1. The molecule has 0 aliphatic carbocycles. The maximum atomic E-state index is 6.79. The molecule has 1 atom stereocenters. The van der Waals surface area contributed by atoms with Crippen LogP contribution in [0.15, 0.2) is 24.4 Å². The van der Waals surface area contributed by atoms with Crippen molar-refractivity contribution in [3.05, 3.63) is 40.8 Å². The molecule has 0 bridgehead atoms. The van der Waals surface area contributed by atoms with Crippen molar-refractivity contribution < 1.29 is 9.47 Å². The van der Waals surface area contributed by atoms with Gasteiger partial charge in [-0.15, -0.1) is 0 Å². The topological polar surface area (TPSA) is 68.5 Å². The molecule has 186 valence electrons. The number of likely N-dealkylation sites (tertiary alicyclic amines) is 1. The smallest absolute Gasteiger partial charge is 0.159 e. The van der Waals surface area contributed by atoms with Crippen molar-refractivity contribution in [2.45, 2.75) is 51.2 Å². The first kappa shape index (κ1) is 23.2.